The number of nitrogens with zero attached hydrogens (tertiary/aromatic N) is 2. The Kier molecular flexibility index (Phi) is 21.0. The second-order valence-electron chi connectivity index (χ2n) is 20.0. The Bertz CT molecular complexity index is 2140. The van der Waals surface area contributed by atoms with Crippen LogP contribution in [0.2, 0.25) is 0 Å². The van der Waals surface area contributed by atoms with Gasteiger partial charge in [-0.3, -0.25) is 19.9 Å². The highest BCUT2D eigenvalue weighted by Gasteiger charge is 2.50. The fraction of sp³-hybridized carbons (Fsp3) is 0.698. The molecule has 2 aliphatic heterocycles. The number of fused-ring (bicyclic) bond motifs is 3. The number of aryl methyl sites for hydroxylation is 1. The molecule has 0 radical (unpaired) electrons. The first-order valence-corrected chi connectivity index (χ1v) is 25.2. The molecule has 1 fully saturated rings. The lowest BCUT2D eigenvalue weighted by Crippen LogP contribution is -2.59. The van der Waals surface area contributed by atoms with Crippen LogP contribution in [0, 0.1) is 17.8 Å². The van der Waals surface area contributed by atoms with Gasteiger partial charge < -0.3 is 59.1 Å². The molecule has 16 heteroatoms. The highest BCUT2D eigenvalue weighted by molar-refractivity contribution is 6.08. The minimum absolute atomic E-state index is 0.165. The molecule has 0 saturated carbocycles. The molecule has 0 spiro atoms. The summed E-state index contributed by atoms with van der Waals surface area (Å²) in [4.78, 5) is 35.9. The van der Waals surface area contributed by atoms with Gasteiger partial charge >= 0.3 is 5.97 Å². The van der Waals surface area contributed by atoms with Crippen LogP contribution in [0.5, 0.6) is 0 Å². The van der Waals surface area contributed by atoms with Gasteiger partial charge in [0.2, 0.25) is 0 Å². The van der Waals surface area contributed by atoms with E-state index in [1.54, 1.807) is 20.8 Å². The van der Waals surface area contributed by atoms with Gasteiger partial charge in [-0.05, 0) is 124 Å². The molecule has 0 aliphatic carbocycles. The summed E-state index contributed by atoms with van der Waals surface area (Å²) in [7, 11) is 5.29. The third kappa shape index (κ3) is 13.7. The number of hydroxylamine groups is 1. The van der Waals surface area contributed by atoms with Gasteiger partial charge in [-0.25, -0.2) is 0 Å². The fourth-order valence-electron chi connectivity index (χ4n) is 10.3. The zero-order valence-electron chi connectivity index (χ0n) is 43.5. The number of ether oxygens (including phenoxy) is 5. The second-order valence-corrected chi connectivity index (χ2v) is 20.0. The molecule has 1 aromatic heterocycles. The van der Waals surface area contributed by atoms with Crippen molar-refractivity contribution in [3.05, 3.63) is 59.3 Å². The molecule has 12 atom stereocenters. The first-order chi connectivity index (χ1) is 32.8. The van der Waals surface area contributed by atoms with Crippen molar-refractivity contribution in [2.75, 3.05) is 60.7 Å². The van der Waals surface area contributed by atoms with E-state index in [-0.39, 0.29) is 31.6 Å². The van der Waals surface area contributed by atoms with Crippen molar-refractivity contribution in [2.24, 2.45) is 17.8 Å². The largest absolute Gasteiger partial charge is 0.459 e. The van der Waals surface area contributed by atoms with Crippen LogP contribution < -0.4 is 16.1 Å². The number of Topliss-reactive ketones (excluding diaryl/α,β-unsaturated/α-hetero) is 1. The van der Waals surface area contributed by atoms with Gasteiger partial charge in [-0.2, -0.15) is 0 Å². The Morgan fingerprint density at radius 3 is 2.25 bits per heavy atom. The van der Waals surface area contributed by atoms with Crippen LogP contribution in [0.15, 0.2) is 53.7 Å². The SMILES string of the molecule is CC[C@H]1OC(=O)[C@H](C)C(=O)[C@H](C)[C@@H](O[C@@H]2O[C@H](C)C[C@H](N(C)C)[C@H]2O)[C@@](C)(OC)CC(C)=C(NOCCNCCCOCCCNCc2ccc3c(c2)c2ccccc2n3CC)[C@H](C)[C@@H](O)[C@]1(C)O. The molecule has 0 bridgehead atoms. The van der Waals surface area contributed by atoms with Crippen LogP contribution in [0.1, 0.15) is 100.0 Å². The van der Waals surface area contributed by atoms with Crippen molar-refractivity contribution in [2.45, 2.75) is 162 Å². The lowest BCUT2D eigenvalue weighted by atomic mass is 9.77. The summed E-state index contributed by atoms with van der Waals surface area (Å²) >= 11 is 0. The van der Waals surface area contributed by atoms with E-state index in [4.69, 9.17) is 28.5 Å². The first kappa shape index (κ1) is 56.4. The van der Waals surface area contributed by atoms with Gasteiger partial charge in [0.05, 0.1) is 30.5 Å². The van der Waals surface area contributed by atoms with E-state index >= 15 is 0 Å². The number of carbonyl (C=O) groups excluding carboxylic acids is 2. The number of benzene rings is 2. The first-order valence-electron chi connectivity index (χ1n) is 25.2. The molecule has 5 rings (SSSR count). The fourth-order valence-corrected chi connectivity index (χ4v) is 10.3. The number of methoxy groups -OCH3 is 1. The van der Waals surface area contributed by atoms with E-state index in [1.807, 2.05) is 39.8 Å². The third-order valence-corrected chi connectivity index (χ3v) is 14.5. The van der Waals surface area contributed by atoms with E-state index in [0.29, 0.717) is 37.4 Å². The molecular weight excluding hydrogens is 883 g/mol. The number of para-hydroxylation sites is 1. The summed E-state index contributed by atoms with van der Waals surface area (Å²) < 4.78 is 33.2. The molecule has 388 valence electrons. The van der Waals surface area contributed by atoms with Gasteiger partial charge in [-0.15, -0.1) is 0 Å². The predicted octanol–water partition coefficient (Wildman–Crippen LogP) is 5.62. The maximum atomic E-state index is 14.3. The zero-order valence-corrected chi connectivity index (χ0v) is 43.5. The van der Waals surface area contributed by atoms with Gasteiger partial charge in [-0.1, -0.05) is 45.0 Å². The average molecular weight is 968 g/mol. The van der Waals surface area contributed by atoms with Gasteiger partial charge in [0.1, 0.15) is 23.7 Å². The number of aliphatic hydroxyl groups excluding tert-OH is 2. The van der Waals surface area contributed by atoms with Crippen LogP contribution in [0.25, 0.3) is 21.8 Å². The summed E-state index contributed by atoms with van der Waals surface area (Å²) in [6, 6.07) is 15.1. The smallest absolute Gasteiger partial charge is 0.316 e. The van der Waals surface area contributed by atoms with Gasteiger partial charge in [0.15, 0.2) is 12.1 Å². The molecule has 0 amide bonds. The summed E-state index contributed by atoms with van der Waals surface area (Å²) in [5.74, 6) is -4.24. The molecule has 3 heterocycles. The quantitative estimate of drug-likeness (QED) is 0.0333. The second kappa shape index (κ2) is 25.7. The Balaban J connectivity index is 1.16. The highest BCUT2D eigenvalue weighted by Crippen LogP contribution is 2.39. The number of carbonyl (C=O) groups is 2. The van der Waals surface area contributed by atoms with Gasteiger partial charge in [0.25, 0.3) is 0 Å². The molecule has 69 heavy (non-hydrogen) atoms. The minimum Gasteiger partial charge on any atom is -0.459 e. The zero-order chi connectivity index (χ0) is 50.6. The monoisotopic (exact) mass is 968 g/mol. The van der Waals surface area contributed by atoms with Crippen molar-refractivity contribution >= 4 is 33.6 Å². The standard InChI is InChI=1S/C53H85N5O11/c1-13-44-53(9,63)48(61)35(5)45(33(3)31-52(8,64-12)49(36(6)46(59)37(7)50(62)68-44)69-51-47(60)43(57(10)11)29-34(4)67-51)56-66-28-25-54-23-17-26-65-27-18-24-55-32-38-21-22-42-40(30-38)39-19-15-16-20-41(39)58(42)14-2/h15-16,19-22,30,34-37,43-44,47-49,51,54-56,60-61,63H,13-14,17-18,23-29,31-32H2,1-12H3/t34-,35+,36+,37-,43+,44-,47-,48-,49-,51+,52+,53-/m1/s1. The maximum Gasteiger partial charge on any atom is 0.316 e. The van der Waals surface area contributed by atoms with E-state index in [2.05, 4.69) is 70.1 Å². The summed E-state index contributed by atoms with van der Waals surface area (Å²) in [5.41, 5.74) is 4.93. The Morgan fingerprint density at radius 1 is 0.899 bits per heavy atom. The number of likely N-dealkylation sites (N-methyl/N-ethyl adjacent to an activating group) is 1. The van der Waals surface area contributed by atoms with Crippen LogP contribution in [-0.2, 0) is 51.2 Å². The van der Waals surface area contributed by atoms with Crippen LogP contribution in [-0.4, -0.2) is 151 Å². The number of nitrogens with one attached hydrogen (secondary N) is 3. The minimum atomic E-state index is -1.91. The topological polar surface area (TPSA) is 194 Å². The normalized spacial score (nSPS) is 31.1. The molecule has 16 nitrogen and oxygen atoms in total. The number of rotatable bonds is 21. The number of hydrogen-bond acceptors (Lipinski definition) is 15. The van der Waals surface area contributed by atoms with Crippen molar-refractivity contribution in [3.63, 3.8) is 0 Å². The Morgan fingerprint density at radius 2 is 1.58 bits per heavy atom. The van der Waals surface area contributed by atoms with Crippen LogP contribution >= 0.6 is 0 Å². The lowest BCUT2D eigenvalue weighted by molar-refractivity contribution is -0.294. The van der Waals surface area contributed by atoms with E-state index in [9.17, 15) is 24.9 Å². The molecular formula is C53H85N5O11. The number of aliphatic hydroxyl groups is 3. The lowest BCUT2D eigenvalue weighted by Gasteiger charge is -2.46. The van der Waals surface area contributed by atoms with Crippen molar-refractivity contribution in [1.29, 1.82) is 0 Å². The van der Waals surface area contributed by atoms with Crippen LogP contribution in [0.4, 0.5) is 0 Å². The van der Waals surface area contributed by atoms with E-state index < -0.39 is 71.4 Å². The summed E-state index contributed by atoms with van der Waals surface area (Å²) in [6.07, 6.45) is -3.36. The number of aromatic nitrogens is 1. The Hall–Kier alpha value is -3.52. The molecule has 0 unspecified atom stereocenters. The van der Waals surface area contributed by atoms with E-state index in [0.717, 1.165) is 39.0 Å². The summed E-state index contributed by atoms with van der Waals surface area (Å²) in [6.45, 7) is 21.3. The van der Waals surface area contributed by atoms with Crippen molar-refractivity contribution in [1.82, 2.24) is 25.6 Å². The average Bonchev–Trinajstić information content (AvgIpc) is 3.65. The van der Waals surface area contributed by atoms with Crippen molar-refractivity contribution in [3.8, 4) is 0 Å². The van der Waals surface area contributed by atoms with Gasteiger partial charge in [0, 0.05) is 91.8 Å². The molecule has 3 aromatic rings. The van der Waals surface area contributed by atoms with Crippen LogP contribution in [0.3, 0.4) is 0 Å². The van der Waals surface area contributed by atoms with Crippen molar-refractivity contribution < 1.29 is 53.4 Å². The maximum absolute atomic E-state index is 14.3. The molecule has 2 aromatic carbocycles. The summed E-state index contributed by atoms with van der Waals surface area (Å²) in [5, 5.41) is 44.8. The number of cyclic esters (lactones) is 1. The molecule has 6 N–H and O–H groups in total. The number of esters is 1. The Labute approximate surface area is 410 Å². The number of ketones is 1. The molecule has 1 saturated heterocycles. The van der Waals surface area contributed by atoms with E-state index in [1.165, 1.54) is 48.3 Å². The highest BCUT2D eigenvalue weighted by atomic mass is 16.7. The molecule has 2 aliphatic rings. The number of hydrogen-bond donors (Lipinski definition) is 6. The third-order valence-electron chi connectivity index (χ3n) is 14.5. The predicted molar refractivity (Wildman–Crippen MR) is 268 cm³/mol.